The molecule has 1 rings (SSSR count). The third-order valence-corrected chi connectivity index (χ3v) is 3.46. The number of sulfone groups is 1. The van der Waals surface area contributed by atoms with Gasteiger partial charge in [0.15, 0.2) is 0 Å². The SMILES string of the molecule is CCc1c(N)c(=O)n(CCS(C)(=O)=O)n1C. The predicted molar refractivity (Wildman–Crippen MR) is 63.2 cm³/mol. The number of nitrogen functional groups attached to an aromatic ring is 1. The second-order valence-corrected chi connectivity index (χ2v) is 6.06. The van der Waals surface area contributed by atoms with Gasteiger partial charge < -0.3 is 5.73 Å². The van der Waals surface area contributed by atoms with Gasteiger partial charge in [-0.05, 0) is 6.42 Å². The molecule has 0 amide bonds. The molecule has 2 N–H and O–H groups in total. The molecule has 0 aliphatic rings. The van der Waals surface area contributed by atoms with Crippen LogP contribution in [0.1, 0.15) is 12.6 Å². The lowest BCUT2D eigenvalue weighted by Crippen LogP contribution is -2.26. The van der Waals surface area contributed by atoms with Crippen molar-refractivity contribution in [2.24, 2.45) is 7.05 Å². The summed E-state index contributed by atoms with van der Waals surface area (Å²) in [5.74, 6) is -0.0621. The molecule has 1 aromatic heterocycles. The van der Waals surface area contributed by atoms with Gasteiger partial charge in [-0.2, -0.15) is 0 Å². The van der Waals surface area contributed by atoms with Crippen molar-refractivity contribution in [1.29, 1.82) is 0 Å². The zero-order valence-electron chi connectivity index (χ0n) is 9.73. The number of nitrogens with two attached hydrogens (primary N) is 1. The average Bonchev–Trinajstić information content (AvgIpc) is 2.35. The smallest absolute Gasteiger partial charge is 0.290 e. The van der Waals surface area contributed by atoms with Gasteiger partial charge in [-0.3, -0.25) is 9.48 Å². The van der Waals surface area contributed by atoms with E-state index < -0.39 is 9.84 Å². The molecule has 0 atom stereocenters. The van der Waals surface area contributed by atoms with Gasteiger partial charge in [-0.1, -0.05) is 6.92 Å². The Morgan fingerprint density at radius 1 is 1.38 bits per heavy atom. The Labute approximate surface area is 94.6 Å². The van der Waals surface area contributed by atoms with Gasteiger partial charge >= 0.3 is 0 Å². The molecule has 0 aliphatic heterocycles. The lowest BCUT2D eigenvalue weighted by Gasteiger charge is -2.07. The van der Waals surface area contributed by atoms with Crippen molar-refractivity contribution >= 4 is 15.5 Å². The third kappa shape index (κ3) is 2.46. The van der Waals surface area contributed by atoms with E-state index in [4.69, 9.17) is 5.73 Å². The van der Waals surface area contributed by atoms with Crippen molar-refractivity contribution in [3.63, 3.8) is 0 Å². The van der Waals surface area contributed by atoms with Gasteiger partial charge in [-0.25, -0.2) is 13.1 Å². The van der Waals surface area contributed by atoms with Crippen molar-refractivity contribution in [3.05, 3.63) is 16.0 Å². The van der Waals surface area contributed by atoms with Crippen LogP contribution in [-0.4, -0.2) is 29.8 Å². The zero-order chi connectivity index (χ0) is 12.5. The fourth-order valence-corrected chi connectivity index (χ4v) is 2.15. The fourth-order valence-electron chi connectivity index (χ4n) is 1.64. The molecule has 0 fully saturated rings. The van der Waals surface area contributed by atoms with Gasteiger partial charge in [0.25, 0.3) is 5.56 Å². The van der Waals surface area contributed by atoms with E-state index in [9.17, 15) is 13.2 Å². The molecule has 16 heavy (non-hydrogen) atoms. The Hall–Kier alpha value is -1.24. The number of nitrogens with zero attached hydrogens (tertiary/aromatic N) is 2. The predicted octanol–water partition coefficient (Wildman–Crippen LogP) is -0.624. The van der Waals surface area contributed by atoms with E-state index in [-0.39, 0.29) is 23.5 Å². The molecular weight excluding hydrogens is 230 g/mol. The number of hydrogen-bond donors (Lipinski definition) is 1. The van der Waals surface area contributed by atoms with E-state index >= 15 is 0 Å². The van der Waals surface area contributed by atoms with Gasteiger partial charge in [-0.15, -0.1) is 0 Å². The molecule has 0 saturated carbocycles. The molecule has 0 bridgehead atoms. The molecule has 7 heteroatoms. The van der Waals surface area contributed by atoms with Crippen LogP contribution in [0.2, 0.25) is 0 Å². The summed E-state index contributed by atoms with van der Waals surface area (Å²) < 4.78 is 25.0. The van der Waals surface area contributed by atoms with E-state index in [1.54, 1.807) is 11.7 Å². The van der Waals surface area contributed by atoms with Gasteiger partial charge in [0.1, 0.15) is 15.5 Å². The minimum absolute atomic E-state index is 0.0621. The Bertz CT molecular complexity index is 539. The zero-order valence-corrected chi connectivity index (χ0v) is 10.5. The molecule has 92 valence electrons. The van der Waals surface area contributed by atoms with Crippen LogP contribution in [0.15, 0.2) is 4.79 Å². The molecule has 1 aromatic rings. The van der Waals surface area contributed by atoms with Crippen molar-refractivity contribution in [2.75, 3.05) is 17.7 Å². The molecule has 0 spiro atoms. The monoisotopic (exact) mass is 247 g/mol. The van der Waals surface area contributed by atoms with Crippen LogP contribution >= 0.6 is 0 Å². The third-order valence-electron chi connectivity index (χ3n) is 2.54. The normalized spacial score (nSPS) is 11.9. The van der Waals surface area contributed by atoms with Gasteiger partial charge in [0.05, 0.1) is 18.0 Å². The van der Waals surface area contributed by atoms with Crippen LogP contribution in [0.4, 0.5) is 5.69 Å². The van der Waals surface area contributed by atoms with Crippen LogP contribution in [0.25, 0.3) is 0 Å². The number of hydrogen-bond acceptors (Lipinski definition) is 4. The van der Waals surface area contributed by atoms with Crippen molar-refractivity contribution in [1.82, 2.24) is 9.36 Å². The Kier molecular flexibility index (Phi) is 3.47. The molecule has 0 aromatic carbocycles. The summed E-state index contributed by atoms with van der Waals surface area (Å²) in [5.41, 5.74) is 6.28. The molecule has 0 unspecified atom stereocenters. The summed E-state index contributed by atoms with van der Waals surface area (Å²) in [7, 11) is -1.37. The van der Waals surface area contributed by atoms with Gasteiger partial charge in [0, 0.05) is 13.3 Å². The van der Waals surface area contributed by atoms with E-state index in [0.29, 0.717) is 6.42 Å². The first-order valence-corrected chi connectivity index (χ1v) is 7.05. The standard InChI is InChI=1S/C9H17N3O3S/c1-4-7-8(10)9(13)12(11(7)2)5-6-16(3,14)15/h4-6,10H2,1-3H3. The summed E-state index contributed by atoms with van der Waals surface area (Å²) in [5, 5.41) is 0. The molecule has 6 nitrogen and oxygen atoms in total. The van der Waals surface area contributed by atoms with Gasteiger partial charge in [0.2, 0.25) is 0 Å². The topological polar surface area (TPSA) is 87.1 Å². The highest BCUT2D eigenvalue weighted by Crippen LogP contribution is 2.07. The number of aromatic nitrogens is 2. The van der Waals surface area contributed by atoms with Crippen molar-refractivity contribution in [2.45, 2.75) is 19.9 Å². The van der Waals surface area contributed by atoms with E-state index in [2.05, 4.69) is 0 Å². The summed E-state index contributed by atoms with van der Waals surface area (Å²) in [6, 6.07) is 0. The molecule has 1 heterocycles. The summed E-state index contributed by atoms with van der Waals surface area (Å²) in [6.07, 6.45) is 1.79. The highest BCUT2D eigenvalue weighted by Gasteiger charge is 2.14. The highest BCUT2D eigenvalue weighted by atomic mass is 32.2. The molecular formula is C9H17N3O3S. The highest BCUT2D eigenvalue weighted by molar-refractivity contribution is 7.90. The number of anilines is 1. The van der Waals surface area contributed by atoms with E-state index in [1.165, 1.54) is 4.68 Å². The Morgan fingerprint density at radius 2 is 1.94 bits per heavy atom. The van der Waals surface area contributed by atoms with Crippen molar-refractivity contribution < 1.29 is 8.42 Å². The Morgan fingerprint density at radius 3 is 2.31 bits per heavy atom. The lowest BCUT2D eigenvalue weighted by molar-refractivity contribution is 0.501. The first-order chi connectivity index (χ1) is 7.28. The van der Waals surface area contributed by atoms with E-state index in [0.717, 1.165) is 11.9 Å². The molecule has 0 saturated heterocycles. The minimum atomic E-state index is -3.08. The van der Waals surface area contributed by atoms with Crippen LogP contribution in [0.5, 0.6) is 0 Å². The number of rotatable bonds is 4. The Balaban J connectivity index is 3.11. The first kappa shape index (κ1) is 12.8. The van der Waals surface area contributed by atoms with Crippen LogP contribution < -0.4 is 11.3 Å². The second-order valence-electron chi connectivity index (χ2n) is 3.80. The first-order valence-electron chi connectivity index (χ1n) is 4.99. The summed E-state index contributed by atoms with van der Waals surface area (Å²) in [4.78, 5) is 11.7. The maximum absolute atomic E-state index is 11.7. The lowest BCUT2D eigenvalue weighted by atomic mass is 10.3. The quantitative estimate of drug-likeness (QED) is 0.768. The van der Waals surface area contributed by atoms with Crippen molar-refractivity contribution in [3.8, 4) is 0 Å². The molecule has 0 radical (unpaired) electrons. The summed E-state index contributed by atoms with van der Waals surface area (Å²) >= 11 is 0. The van der Waals surface area contributed by atoms with E-state index in [1.807, 2.05) is 6.92 Å². The fraction of sp³-hybridized carbons (Fsp3) is 0.667. The van der Waals surface area contributed by atoms with Crippen LogP contribution in [0.3, 0.4) is 0 Å². The molecule has 0 aliphatic carbocycles. The van der Waals surface area contributed by atoms with Crippen LogP contribution in [0, 0.1) is 0 Å². The average molecular weight is 247 g/mol. The summed E-state index contributed by atoms with van der Waals surface area (Å²) in [6.45, 7) is 2.03. The minimum Gasteiger partial charge on any atom is -0.393 e. The van der Waals surface area contributed by atoms with Crippen LogP contribution in [-0.2, 0) is 29.9 Å². The maximum atomic E-state index is 11.7. The maximum Gasteiger partial charge on any atom is 0.290 e. The largest absolute Gasteiger partial charge is 0.393 e. The second kappa shape index (κ2) is 4.32.